The Bertz CT molecular complexity index is 908. The largest absolute Gasteiger partial charge is 0.373 e. The van der Waals surface area contributed by atoms with Crippen molar-refractivity contribution < 1.29 is 31.1 Å². The lowest BCUT2D eigenvalue weighted by atomic mass is 9.88. The van der Waals surface area contributed by atoms with E-state index in [4.69, 9.17) is 4.74 Å². The molecule has 1 nitrogen and oxygen atoms in total. The maximum absolute atomic E-state index is 14.6. The Hall–Kier alpha value is -2.28. The van der Waals surface area contributed by atoms with Crippen molar-refractivity contribution in [2.45, 2.75) is 51.0 Å². The molecule has 0 bridgehead atoms. The van der Waals surface area contributed by atoms with Gasteiger partial charge in [0.05, 0.1) is 12.7 Å². The van der Waals surface area contributed by atoms with E-state index in [1.54, 1.807) is 0 Å². The maximum Gasteiger partial charge on any atom is 0.194 e. The summed E-state index contributed by atoms with van der Waals surface area (Å²) in [6.07, 6.45) is 1.34. The van der Waals surface area contributed by atoms with Crippen LogP contribution >= 0.6 is 0 Å². The van der Waals surface area contributed by atoms with Gasteiger partial charge in [0, 0.05) is 17.9 Å². The summed E-state index contributed by atoms with van der Waals surface area (Å²) in [5, 5.41) is 0. The second kappa shape index (κ2) is 9.69. The highest BCUT2D eigenvalue weighted by Crippen LogP contribution is 2.38. The first kappa shape index (κ1) is 22.4. The number of unbranched alkanes of at least 4 members (excludes halogenated alkanes) is 1. The Balaban J connectivity index is 1.70. The molecule has 0 saturated carbocycles. The number of allylic oxidation sites excluding steroid dienone is 1. The number of rotatable bonds is 6. The van der Waals surface area contributed by atoms with E-state index >= 15 is 0 Å². The van der Waals surface area contributed by atoms with Crippen LogP contribution in [-0.4, -0.2) is 6.61 Å². The average Bonchev–Trinajstić information content (AvgIpc) is 2.75. The van der Waals surface area contributed by atoms with Crippen molar-refractivity contribution in [1.29, 1.82) is 0 Å². The first-order chi connectivity index (χ1) is 14.3. The molecular formula is C23H22F6O. The van der Waals surface area contributed by atoms with Gasteiger partial charge in [-0.15, -0.1) is 0 Å². The SMILES string of the molecule is CCCCC(F)=C(F)c1ccc(C2CCC(c3cc(F)c(F)c(F)c3)OC2)c(F)c1. The zero-order valence-electron chi connectivity index (χ0n) is 16.5. The third kappa shape index (κ3) is 4.89. The highest BCUT2D eigenvalue weighted by atomic mass is 19.2. The molecule has 2 aromatic carbocycles. The van der Waals surface area contributed by atoms with Crippen LogP contribution < -0.4 is 0 Å². The van der Waals surface area contributed by atoms with Gasteiger partial charge in [-0.05, 0) is 48.6 Å². The normalized spacial score (nSPS) is 20.2. The Labute approximate surface area is 171 Å². The molecule has 0 amide bonds. The smallest absolute Gasteiger partial charge is 0.194 e. The van der Waals surface area contributed by atoms with Crippen molar-refractivity contribution in [1.82, 2.24) is 0 Å². The second-order valence-corrected chi connectivity index (χ2v) is 7.45. The van der Waals surface area contributed by atoms with Crippen molar-refractivity contribution in [2.24, 2.45) is 0 Å². The average molecular weight is 428 g/mol. The highest BCUT2D eigenvalue weighted by molar-refractivity contribution is 5.61. The first-order valence-corrected chi connectivity index (χ1v) is 9.91. The predicted molar refractivity (Wildman–Crippen MR) is 102 cm³/mol. The van der Waals surface area contributed by atoms with Gasteiger partial charge in [-0.2, -0.15) is 0 Å². The zero-order valence-corrected chi connectivity index (χ0v) is 16.5. The molecule has 2 unspecified atom stereocenters. The van der Waals surface area contributed by atoms with Gasteiger partial charge in [-0.25, -0.2) is 26.3 Å². The van der Waals surface area contributed by atoms with Crippen LogP contribution in [0.25, 0.3) is 5.83 Å². The molecule has 2 aromatic rings. The molecule has 3 rings (SSSR count). The third-order valence-electron chi connectivity index (χ3n) is 5.34. The number of ether oxygens (including phenoxy) is 1. The summed E-state index contributed by atoms with van der Waals surface area (Å²) in [4.78, 5) is 0. The van der Waals surface area contributed by atoms with E-state index in [1.807, 2.05) is 6.92 Å². The second-order valence-electron chi connectivity index (χ2n) is 7.45. The van der Waals surface area contributed by atoms with Crippen LogP contribution in [0.2, 0.25) is 0 Å². The molecule has 30 heavy (non-hydrogen) atoms. The van der Waals surface area contributed by atoms with Crippen LogP contribution in [0.4, 0.5) is 26.3 Å². The van der Waals surface area contributed by atoms with E-state index in [2.05, 4.69) is 0 Å². The molecule has 162 valence electrons. The fourth-order valence-corrected chi connectivity index (χ4v) is 3.61. The van der Waals surface area contributed by atoms with Gasteiger partial charge in [-0.3, -0.25) is 0 Å². The molecule has 0 spiro atoms. The molecule has 1 heterocycles. The standard InChI is InChI=1S/C23H22F6O/c1-2-3-4-17(24)22(28)13-5-7-16(18(25)9-13)14-6-8-21(30-12-14)15-10-19(26)23(29)20(27)11-15/h5,7,9-11,14,21H,2-4,6,8,12H2,1H3. The molecule has 1 aliphatic rings. The first-order valence-electron chi connectivity index (χ1n) is 9.91. The van der Waals surface area contributed by atoms with Gasteiger partial charge >= 0.3 is 0 Å². The third-order valence-corrected chi connectivity index (χ3v) is 5.34. The van der Waals surface area contributed by atoms with Crippen molar-refractivity contribution in [2.75, 3.05) is 6.61 Å². The monoisotopic (exact) mass is 428 g/mol. The number of hydrogen-bond donors (Lipinski definition) is 0. The summed E-state index contributed by atoms with van der Waals surface area (Å²) in [6, 6.07) is 5.48. The molecule has 1 aliphatic heterocycles. The van der Waals surface area contributed by atoms with Crippen molar-refractivity contribution in [3.63, 3.8) is 0 Å². The van der Waals surface area contributed by atoms with Gasteiger partial charge in [0.1, 0.15) is 11.6 Å². The minimum Gasteiger partial charge on any atom is -0.373 e. The van der Waals surface area contributed by atoms with E-state index in [-0.39, 0.29) is 30.1 Å². The number of benzene rings is 2. The maximum atomic E-state index is 14.6. The Morgan fingerprint density at radius 3 is 2.23 bits per heavy atom. The van der Waals surface area contributed by atoms with Crippen LogP contribution in [0.3, 0.4) is 0 Å². The summed E-state index contributed by atoms with van der Waals surface area (Å²) in [5.74, 6) is -7.10. The van der Waals surface area contributed by atoms with Crippen molar-refractivity contribution in [3.05, 3.63) is 76.1 Å². The molecule has 1 fully saturated rings. The fraction of sp³-hybridized carbons (Fsp3) is 0.391. The van der Waals surface area contributed by atoms with E-state index in [0.717, 1.165) is 18.2 Å². The zero-order chi connectivity index (χ0) is 21.8. The lowest BCUT2D eigenvalue weighted by Crippen LogP contribution is -2.20. The predicted octanol–water partition coefficient (Wildman–Crippen LogP) is 7.68. The molecule has 1 saturated heterocycles. The fourth-order valence-electron chi connectivity index (χ4n) is 3.61. The summed E-state index contributed by atoms with van der Waals surface area (Å²) in [6.45, 7) is 1.93. The Morgan fingerprint density at radius 2 is 1.67 bits per heavy atom. The van der Waals surface area contributed by atoms with Gasteiger partial charge in [-0.1, -0.05) is 25.5 Å². The Kier molecular flexibility index (Phi) is 7.23. The van der Waals surface area contributed by atoms with E-state index in [1.165, 1.54) is 12.1 Å². The number of halogens is 6. The van der Waals surface area contributed by atoms with Gasteiger partial charge in [0.2, 0.25) is 0 Å². The minimum atomic E-state index is -1.54. The summed E-state index contributed by atoms with van der Waals surface area (Å²) >= 11 is 0. The minimum absolute atomic E-state index is 0.0336. The van der Waals surface area contributed by atoms with Crippen LogP contribution in [-0.2, 0) is 4.74 Å². The van der Waals surface area contributed by atoms with E-state index in [0.29, 0.717) is 31.2 Å². The van der Waals surface area contributed by atoms with Crippen molar-refractivity contribution in [3.8, 4) is 0 Å². The molecule has 7 heteroatoms. The molecule has 0 aliphatic carbocycles. The lowest BCUT2D eigenvalue weighted by Gasteiger charge is -2.30. The van der Waals surface area contributed by atoms with Crippen LogP contribution in [0.1, 0.15) is 67.7 Å². The quantitative estimate of drug-likeness (QED) is 0.339. The molecule has 0 aromatic heterocycles. The van der Waals surface area contributed by atoms with E-state index in [9.17, 15) is 26.3 Å². The Morgan fingerprint density at radius 1 is 0.967 bits per heavy atom. The molecular weight excluding hydrogens is 406 g/mol. The van der Waals surface area contributed by atoms with Gasteiger partial charge < -0.3 is 4.74 Å². The lowest BCUT2D eigenvalue weighted by molar-refractivity contribution is 0.00132. The van der Waals surface area contributed by atoms with Crippen LogP contribution in [0, 0.1) is 23.3 Å². The summed E-state index contributed by atoms with van der Waals surface area (Å²) in [5.41, 5.74) is 0.322. The van der Waals surface area contributed by atoms with Gasteiger partial charge in [0.25, 0.3) is 0 Å². The number of hydrogen-bond acceptors (Lipinski definition) is 1. The summed E-state index contributed by atoms with van der Waals surface area (Å²) < 4.78 is 88.2. The summed E-state index contributed by atoms with van der Waals surface area (Å²) in [7, 11) is 0. The van der Waals surface area contributed by atoms with Crippen molar-refractivity contribution >= 4 is 5.83 Å². The molecule has 0 radical (unpaired) electrons. The van der Waals surface area contributed by atoms with Crippen LogP contribution in [0.5, 0.6) is 0 Å². The van der Waals surface area contributed by atoms with E-state index < -0.39 is 41.0 Å². The topological polar surface area (TPSA) is 9.23 Å². The molecule has 0 N–H and O–H groups in total. The van der Waals surface area contributed by atoms with Gasteiger partial charge in [0.15, 0.2) is 23.3 Å². The molecule has 2 atom stereocenters. The van der Waals surface area contributed by atoms with Crippen LogP contribution in [0.15, 0.2) is 36.2 Å². The highest BCUT2D eigenvalue weighted by Gasteiger charge is 2.27.